The highest BCUT2D eigenvalue weighted by molar-refractivity contribution is 5.29. The van der Waals surface area contributed by atoms with E-state index < -0.39 is 0 Å². The second-order valence-corrected chi connectivity index (χ2v) is 4.84. The molecule has 1 aromatic rings. The Labute approximate surface area is 103 Å². The molecule has 96 valence electrons. The zero-order valence-electron chi connectivity index (χ0n) is 10.9. The fraction of sp³-hybridized carbons (Fsp3) is 0.833. The number of hydrogen-bond acceptors (Lipinski definition) is 4. The molecule has 1 saturated heterocycles. The largest absolute Gasteiger partial charge is 0.339 e. The molecule has 5 nitrogen and oxygen atoms in total. The Bertz CT molecular complexity index is 333. The normalized spacial score (nSPS) is 20.8. The summed E-state index contributed by atoms with van der Waals surface area (Å²) < 4.78 is 0. The predicted octanol–water partition coefficient (Wildman–Crippen LogP) is 1.19. The molecule has 2 heterocycles. The van der Waals surface area contributed by atoms with E-state index in [4.69, 9.17) is 0 Å². The van der Waals surface area contributed by atoms with Crippen LogP contribution in [0.4, 0.5) is 5.95 Å². The SMILES string of the molecule is CCCc1nc(N2CCCC(CNC)C2)n[nH]1. The van der Waals surface area contributed by atoms with E-state index in [9.17, 15) is 0 Å². The summed E-state index contributed by atoms with van der Waals surface area (Å²) in [6, 6.07) is 0. The lowest BCUT2D eigenvalue weighted by Gasteiger charge is -2.31. The molecule has 1 aliphatic heterocycles. The van der Waals surface area contributed by atoms with E-state index in [1.54, 1.807) is 0 Å². The first-order valence-corrected chi connectivity index (χ1v) is 6.64. The van der Waals surface area contributed by atoms with Crippen molar-refractivity contribution in [3.63, 3.8) is 0 Å². The molecule has 0 radical (unpaired) electrons. The second kappa shape index (κ2) is 6.00. The Kier molecular flexibility index (Phi) is 4.36. The highest BCUT2D eigenvalue weighted by Crippen LogP contribution is 2.19. The fourth-order valence-electron chi connectivity index (χ4n) is 2.48. The second-order valence-electron chi connectivity index (χ2n) is 4.84. The monoisotopic (exact) mass is 237 g/mol. The minimum Gasteiger partial charge on any atom is -0.339 e. The van der Waals surface area contributed by atoms with E-state index in [0.717, 1.165) is 50.2 Å². The van der Waals surface area contributed by atoms with Crippen molar-refractivity contribution in [1.29, 1.82) is 0 Å². The molecular weight excluding hydrogens is 214 g/mol. The van der Waals surface area contributed by atoms with Crippen molar-refractivity contribution in [2.24, 2.45) is 5.92 Å². The zero-order valence-corrected chi connectivity index (χ0v) is 10.9. The van der Waals surface area contributed by atoms with Gasteiger partial charge in [0.15, 0.2) is 0 Å². The molecule has 5 heteroatoms. The number of H-pyrrole nitrogens is 1. The molecule has 2 rings (SSSR count). The van der Waals surface area contributed by atoms with Crippen LogP contribution >= 0.6 is 0 Å². The molecule has 2 N–H and O–H groups in total. The average Bonchev–Trinajstić information content (AvgIpc) is 2.79. The van der Waals surface area contributed by atoms with Crippen LogP contribution in [0.5, 0.6) is 0 Å². The summed E-state index contributed by atoms with van der Waals surface area (Å²) in [6.45, 7) is 5.41. The van der Waals surface area contributed by atoms with Gasteiger partial charge in [-0.2, -0.15) is 4.98 Å². The van der Waals surface area contributed by atoms with Gasteiger partial charge in [0.2, 0.25) is 5.95 Å². The van der Waals surface area contributed by atoms with E-state index in [2.05, 4.69) is 32.3 Å². The maximum absolute atomic E-state index is 4.56. The highest BCUT2D eigenvalue weighted by atomic mass is 15.4. The summed E-state index contributed by atoms with van der Waals surface area (Å²) in [5, 5.41) is 10.6. The Morgan fingerprint density at radius 3 is 3.18 bits per heavy atom. The topological polar surface area (TPSA) is 56.8 Å². The number of rotatable bonds is 5. The van der Waals surface area contributed by atoms with Crippen LogP contribution in [0.15, 0.2) is 0 Å². The number of anilines is 1. The number of aromatic nitrogens is 3. The van der Waals surface area contributed by atoms with E-state index in [1.165, 1.54) is 12.8 Å². The summed E-state index contributed by atoms with van der Waals surface area (Å²) in [5.74, 6) is 2.62. The van der Waals surface area contributed by atoms with Gasteiger partial charge >= 0.3 is 0 Å². The van der Waals surface area contributed by atoms with Crippen LogP contribution in [0.25, 0.3) is 0 Å². The van der Waals surface area contributed by atoms with Gasteiger partial charge in [-0.3, -0.25) is 5.10 Å². The number of piperidine rings is 1. The minimum absolute atomic E-state index is 0.724. The summed E-state index contributed by atoms with van der Waals surface area (Å²) >= 11 is 0. The highest BCUT2D eigenvalue weighted by Gasteiger charge is 2.21. The van der Waals surface area contributed by atoms with Gasteiger partial charge in [-0.25, -0.2) is 0 Å². The summed E-state index contributed by atoms with van der Waals surface area (Å²) in [4.78, 5) is 6.86. The number of nitrogens with zero attached hydrogens (tertiary/aromatic N) is 3. The minimum atomic E-state index is 0.724. The molecule has 0 bridgehead atoms. The lowest BCUT2D eigenvalue weighted by atomic mass is 9.98. The first kappa shape index (κ1) is 12.4. The Balaban J connectivity index is 1.95. The number of aromatic amines is 1. The summed E-state index contributed by atoms with van der Waals surface area (Å²) in [5.41, 5.74) is 0. The van der Waals surface area contributed by atoms with Crippen LogP contribution < -0.4 is 10.2 Å². The molecule has 1 fully saturated rings. The van der Waals surface area contributed by atoms with Crippen LogP contribution in [0.1, 0.15) is 32.0 Å². The Hall–Kier alpha value is -1.10. The average molecular weight is 237 g/mol. The third kappa shape index (κ3) is 3.19. The molecule has 0 aliphatic carbocycles. The first-order chi connectivity index (χ1) is 8.33. The molecule has 1 aromatic heterocycles. The van der Waals surface area contributed by atoms with Crippen molar-refractivity contribution in [2.45, 2.75) is 32.6 Å². The van der Waals surface area contributed by atoms with Gasteiger partial charge in [0, 0.05) is 19.5 Å². The van der Waals surface area contributed by atoms with Crippen molar-refractivity contribution >= 4 is 5.95 Å². The van der Waals surface area contributed by atoms with Gasteiger partial charge in [-0.1, -0.05) is 6.92 Å². The Morgan fingerprint density at radius 2 is 2.41 bits per heavy atom. The standard InChI is InChI=1S/C12H23N5/c1-3-5-11-14-12(16-15-11)17-7-4-6-10(9-17)8-13-2/h10,13H,3-9H2,1-2H3,(H,14,15,16). The van der Waals surface area contributed by atoms with Gasteiger partial charge in [0.05, 0.1) is 0 Å². The molecule has 0 saturated carbocycles. The lowest BCUT2D eigenvalue weighted by molar-refractivity contribution is 0.399. The van der Waals surface area contributed by atoms with Crippen LogP contribution in [0.2, 0.25) is 0 Å². The van der Waals surface area contributed by atoms with Gasteiger partial charge in [-0.05, 0) is 38.8 Å². The van der Waals surface area contributed by atoms with Crippen molar-refractivity contribution < 1.29 is 0 Å². The molecule has 0 spiro atoms. The summed E-state index contributed by atoms with van der Waals surface area (Å²) in [7, 11) is 2.02. The molecule has 0 aromatic carbocycles. The lowest BCUT2D eigenvalue weighted by Crippen LogP contribution is -2.39. The predicted molar refractivity (Wildman–Crippen MR) is 69.2 cm³/mol. The number of aryl methyl sites for hydroxylation is 1. The van der Waals surface area contributed by atoms with Gasteiger partial charge in [0.1, 0.15) is 5.82 Å². The van der Waals surface area contributed by atoms with Crippen molar-refractivity contribution in [3.8, 4) is 0 Å². The maximum atomic E-state index is 4.56. The quantitative estimate of drug-likeness (QED) is 0.808. The molecular formula is C12H23N5. The van der Waals surface area contributed by atoms with Crippen LogP contribution in [-0.4, -0.2) is 41.9 Å². The molecule has 1 atom stereocenters. The fourth-order valence-corrected chi connectivity index (χ4v) is 2.48. The zero-order chi connectivity index (χ0) is 12.1. The van der Waals surface area contributed by atoms with E-state index >= 15 is 0 Å². The molecule has 1 unspecified atom stereocenters. The molecule has 17 heavy (non-hydrogen) atoms. The van der Waals surface area contributed by atoms with E-state index in [-0.39, 0.29) is 0 Å². The third-order valence-corrected chi connectivity index (χ3v) is 3.30. The Morgan fingerprint density at radius 1 is 1.53 bits per heavy atom. The van der Waals surface area contributed by atoms with E-state index in [0.29, 0.717) is 0 Å². The van der Waals surface area contributed by atoms with Crippen molar-refractivity contribution in [2.75, 3.05) is 31.6 Å². The van der Waals surface area contributed by atoms with Crippen molar-refractivity contribution in [1.82, 2.24) is 20.5 Å². The van der Waals surface area contributed by atoms with Crippen LogP contribution in [0, 0.1) is 5.92 Å². The van der Waals surface area contributed by atoms with Crippen molar-refractivity contribution in [3.05, 3.63) is 5.82 Å². The number of nitrogens with one attached hydrogen (secondary N) is 2. The first-order valence-electron chi connectivity index (χ1n) is 6.64. The van der Waals surface area contributed by atoms with E-state index in [1.807, 2.05) is 7.05 Å². The maximum Gasteiger partial charge on any atom is 0.244 e. The van der Waals surface area contributed by atoms with Crippen LogP contribution in [-0.2, 0) is 6.42 Å². The molecule has 0 amide bonds. The van der Waals surface area contributed by atoms with Crippen LogP contribution in [0.3, 0.4) is 0 Å². The van der Waals surface area contributed by atoms with Gasteiger partial charge in [0.25, 0.3) is 0 Å². The summed E-state index contributed by atoms with van der Waals surface area (Å²) in [6.07, 6.45) is 4.64. The smallest absolute Gasteiger partial charge is 0.244 e. The van der Waals surface area contributed by atoms with Gasteiger partial charge < -0.3 is 10.2 Å². The van der Waals surface area contributed by atoms with Gasteiger partial charge in [-0.15, -0.1) is 5.10 Å². The molecule has 1 aliphatic rings. The number of hydrogen-bond donors (Lipinski definition) is 2. The third-order valence-electron chi connectivity index (χ3n) is 3.30.